The van der Waals surface area contributed by atoms with Crippen molar-refractivity contribution in [3.8, 4) is 0 Å². The first-order chi connectivity index (χ1) is 8.38. The molecule has 1 amide bonds. The van der Waals surface area contributed by atoms with Crippen LogP contribution in [-0.2, 0) is 0 Å². The summed E-state index contributed by atoms with van der Waals surface area (Å²) < 4.78 is 42.5. The molecule has 100 valence electrons. The number of hydrogen-bond acceptors (Lipinski definition) is 2. The van der Waals surface area contributed by atoms with Crippen molar-refractivity contribution in [3.05, 3.63) is 24.2 Å². The van der Waals surface area contributed by atoms with Crippen molar-refractivity contribution < 1.29 is 22.4 Å². The first kappa shape index (κ1) is 13.0. The van der Waals surface area contributed by atoms with Crippen LogP contribution in [0.3, 0.4) is 0 Å². The Labute approximate surface area is 103 Å². The highest BCUT2D eigenvalue weighted by Gasteiger charge is 2.41. The van der Waals surface area contributed by atoms with Crippen molar-refractivity contribution in [1.82, 2.24) is 4.90 Å². The molecule has 1 aliphatic carbocycles. The summed E-state index contributed by atoms with van der Waals surface area (Å²) >= 11 is 0. The summed E-state index contributed by atoms with van der Waals surface area (Å²) in [7, 11) is 0. The maximum absolute atomic E-state index is 12.5. The Morgan fingerprint density at radius 1 is 1.56 bits per heavy atom. The van der Waals surface area contributed by atoms with Gasteiger partial charge in [-0.15, -0.1) is 0 Å². The third-order valence-electron chi connectivity index (χ3n) is 3.14. The van der Waals surface area contributed by atoms with Crippen molar-refractivity contribution in [2.24, 2.45) is 5.92 Å². The Balaban J connectivity index is 2.15. The van der Waals surface area contributed by atoms with Crippen LogP contribution in [0.2, 0.25) is 0 Å². The molecule has 18 heavy (non-hydrogen) atoms. The molecule has 1 heterocycles. The van der Waals surface area contributed by atoms with Gasteiger partial charge >= 0.3 is 6.18 Å². The quantitative estimate of drug-likeness (QED) is 0.834. The summed E-state index contributed by atoms with van der Waals surface area (Å²) in [5.41, 5.74) is 0. The first-order valence-electron chi connectivity index (χ1n) is 5.80. The Kier molecular flexibility index (Phi) is 3.36. The summed E-state index contributed by atoms with van der Waals surface area (Å²) in [5, 5.41) is 0. The summed E-state index contributed by atoms with van der Waals surface area (Å²) in [6.07, 6.45) is -1.37. The lowest BCUT2D eigenvalue weighted by Crippen LogP contribution is -2.45. The van der Waals surface area contributed by atoms with Gasteiger partial charge in [0.2, 0.25) is 0 Å². The van der Waals surface area contributed by atoms with E-state index < -0.39 is 24.7 Å². The van der Waals surface area contributed by atoms with Gasteiger partial charge < -0.3 is 9.32 Å². The zero-order valence-corrected chi connectivity index (χ0v) is 9.91. The average Bonchev–Trinajstić information content (AvgIpc) is 2.98. The number of furan rings is 1. The molecule has 1 aromatic heterocycles. The maximum atomic E-state index is 12.5. The van der Waals surface area contributed by atoms with E-state index in [1.165, 1.54) is 18.4 Å². The molecule has 0 aromatic carbocycles. The minimum atomic E-state index is -4.40. The molecular weight excluding hydrogens is 247 g/mol. The summed E-state index contributed by atoms with van der Waals surface area (Å²) in [6.45, 7) is 0.425. The Morgan fingerprint density at radius 3 is 2.67 bits per heavy atom. The second kappa shape index (κ2) is 4.66. The number of carbonyl (C=O) groups is 1. The molecule has 0 spiro atoms. The zero-order chi connectivity index (χ0) is 13.3. The van der Waals surface area contributed by atoms with E-state index in [1.807, 2.05) is 0 Å². The third-order valence-corrected chi connectivity index (χ3v) is 3.14. The molecule has 0 bridgehead atoms. The van der Waals surface area contributed by atoms with E-state index in [0.717, 1.165) is 17.7 Å². The van der Waals surface area contributed by atoms with Gasteiger partial charge in [0.1, 0.15) is 6.54 Å². The highest BCUT2D eigenvalue weighted by atomic mass is 19.4. The average molecular weight is 261 g/mol. The minimum Gasteiger partial charge on any atom is -0.459 e. The molecule has 0 saturated heterocycles. The minimum absolute atomic E-state index is 0.0493. The predicted molar refractivity (Wildman–Crippen MR) is 58.0 cm³/mol. The molecule has 1 atom stereocenters. The Hall–Kier alpha value is -1.46. The van der Waals surface area contributed by atoms with E-state index in [-0.39, 0.29) is 11.7 Å². The van der Waals surface area contributed by atoms with E-state index in [2.05, 4.69) is 0 Å². The van der Waals surface area contributed by atoms with E-state index >= 15 is 0 Å². The number of amides is 1. The molecule has 3 nitrogen and oxygen atoms in total. The fourth-order valence-electron chi connectivity index (χ4n) is 1.97. The third kappa shape index (κ3) is 3.05. The van der Waals surface area contributed by atoms with Gasteiger partial charge in [-0.2, -0.15) is 13.2 Å². The van der Waals surface area contributed by atoms with E-state index in [4.69, 9.17) is 4.42 Å². The normalized spacial score (nSPS) is 17.6. The lowest BCUT2D eigenvalue weighted by atomic mass is 10.1. The highest BCUT2D eigenvalue weighted by molar-refractivity contribution is 5.91. The van der Waals surface area contributed by atoms with Crippen LogP contribution in [-0.4, -0.2) is 29.6 Å². The molecule has 1 fully saturated rings. The Bertz CT molecular complexity index is 409. The molecular formula is C12H14F3NO2. The SMILES string of the molecule is C[C@H](C1CC1)N(CC(F)(F)F)C(=O)c1ccco1. The maximum Gasteiger partial charge on any atom is 0.406 e. The standard InChI is InChI=1S/C12H14F3NO2/c1-8(9-4-5-9)16(7-12(13,14)15)11(17)10-3-2-6-18-10/h2-3,6,8-9H,4-5,7H2,1H3/t8-/m1/s1. The first-order valence-corrected chi connectivity index (χ1v) is 5.80. The van der Waals surface area contributed by atoms with E-state index in [0.29, 0.717) is 0 Å². The summed E-state index contributed by atoms with van der Waals surface area (Å²) in [6, 6.07) is 2.45. The molecule has 0 N–H and O–H groups in total. The molecule has 1 saturated carbocycles. The smallest absolute Gasteiger partial charge is 0.406 e. The van der Waals surface area contributed by atoms with Crippen LogP contribution >= 0.6 is 0 Å². The second-order valence-corrected chi connectivity index (χ2v) is 4.60. The van der Waals surface area contributed by atoms with Crippen molar-refractivity contribution >= 4 is 5.91 Å². The van der Waals surface area contributed by atoms with Crippen LogP contribution in [0.4, 0.5) is 13.2 Å². The topological polar surface area (TPSA) is 33.5 Å². The second-order valence-electron chi connectivity index (χ2n) is 4.60. The van der Waals surface area contributed by atoms with E-state index in [9.17, 15) is 18.0 Å². The number of hydrogen-bond donors (Lipinski definition) is 0. The summed E-state index contributed by atoms with van der Waals surface area (Å²) in [5.74, 6) is -0.574. The van der Waals surface area contributed by atoms with Crippen LogP contribution in [0.1, 0.15) is 30.3 Å². The van der Waals surface area contributed by atoms with Crippen molar-refractivity contribution in [2.75, 3.05) is 6.54 Å². The Morgan fingerprint density at radius 2 is 2.22 bits per heavy atom. The van der Waals surface area contributed by atoms with Crippen molar-refractivity contribution in [1.29, 1.82) is 0 Å². The monoisotopic (exact) mass is 261 g/mol. The van der Waals surface area contributed by atoms with Crippen LogP contribution in [0, 0.1) is 5.92 Å². The molecule has 0 unspecified atom stereocenters. The number of rotatable bonds is 4. The van der Waals surface area contributed by atoms with Crippen LogP contribution in [0.5, 0.6) is 0 Å². The molecule has 1 aromatic rings. The van der Waals surface area contributed by atoms with Gasteiger partial charge in [0, 0.05) is 6.04 Å². The van der Waals surface area contributed by atoms with Gasteiger partial charge in [-0.25, -0.2) is 0 Å². The molecule has 1 aliphatic rings. The fraction of sp³-hybridized carbons (Fsp3) is 0.583. The van der Waals surface area contributed by atoms with E-state index in [1.54, 1.807) is 6.92 Å². The molecule has 0 aliphatic heterocycles. The lowest BCUT2D eigenvalue weighted by Gasteiger charge is -2.29. The van der Waals surface area contributed by atoms with Crippen molar-refractivity contribution in [3.63, 3.8) is 0 Å². The van der Waals surface area contributed by atoms with Gasteiger partial charge in [-0.1, -0.05) is 0 Å². The lowest BCUT2D eigenvalue weighted by molar-refractivity contribution is -0.145. The van der Waals surface area contributed by atoms with Crippen LogP contribution in [0.25, 0.3) is 0 Å². The number of alkyl halides is 3. The number of nitrogens with zero attached hydrogens (tertiary/aromatic N) is 1. The van der Waals surface area contributed by atoms with Crippen molar-refractivity contribution in [2.45, 2.75) is 32.0 Å². The predicted octanol–water partition coefficient (Wildman–Crippen LogP) is 3.08. The molecule has 6 heteroatoms. The number of carbonyl (C=O) groups excluding carboxylic acids is 1. The largest absolute Gasteiger partial charge is 0.459 e. The zero-order valence-electron chi connectivity index (χ0n) is 9.91. The highest BCUT2D eigenvalue weighted by Crippen LogP contribution is 2.36. The summed E-state index contributed by atoms with van der Waals surface area (Å²) in [4.78, 5) is 12.8. The van der Waals surface area contributed by atoms with Gasteiger partial charge in [0.15, 0.2) is 5.76 Å². The van der Waals surface area contributed by atoms with Gasteiger partial charge in [-0.3, -0.25) is 4.79 Å². The fourth-order valence-corrected chi connectivity index (χ4v) is 1.97. The van der Waals surface area contributed by atoms with Gasteiger partial charge in [0.05, 0.1) is 6.26 Å². The number of halogens is 3. The van der Waals surface area contributed by atoms with Crippen LogP contribution in [0.15, 0.2) is 22.8 Å². The van der Waals surface area contributed by atoms with Crippen LogP contribution < -0.4 is 0 Å². The van der Waals surface area contributed by atoms with Gasteiger partial charge in [-0.05, 0) is 37.8 Å². The molecule has 0 radical (unpaired) electrons. The van der Waals surface area contributed by atoms with Gasteiger partial charge in [0.25, 0.3) is 5.91 Å². The molecule has 2 rings (SSSR count).